The first-order valence-corrected chi connectivity index (χ1v) is 7.65. The van der Waals surface area contributed by atoms with Gasteiger partial charge in [-0.2, -0.15) is 0 Å². The molecule has 0 saturated heterocycles. The first-order valence-electron chi connectivity index (χ1n) is 7.65. The Morgan fingerprint density at radius 3 is 2.80 bits per heavy atom. The van der Waals surface area contributed by atoms with Gasteiger partial charge in [-0.05, 0) is 43.2 Å². The zero-order valence-electron chi connectivity index (χ0n) is 13.8. The van der Waals surface area contributed by atoms with Gasteiger partial charge in [0.05, 0.1) is 18.5 Å². The minimum absolute atomic E-state index is 0.00123. The molecule has 0 bridgehead atoms. The molecular formula is C18H17N3O4. The average molecular weight is 339 g/mol. The number of rotatable bonds is 4. The van der Waals surface area contributed by atoms with E-state index >= 15 is 0 Å². The van der Waals surface area contributed by atoms with Crippen molar-refractivity contribution in [2.45, 2.75) is 20.4 Å². The number of hydrogen-bond acceptors (Lipinski definition) is 5. The van der Waals surface area contributed by atoms with Crippen LogP contribution in [0.15, 0.2) is 55.6 Å². The molecule has 1 aromatic carbocycles. The van der Waals surface area contributed by atoms with Gasteiger partial charge < -0.3 is 9.52 Å². The molecule has 3 aromatic rings. The minimum Gasteiger partial charge on any atom is -0.494 e. The zero-order chi connectivity index (χ0) is 18.0. The fourth-order valence-corrected chi connectivity index (χ4v) is 2.39. The highest BCUT2D eigenvalue weighted by Gasteiger charge is 2.14. The highest BCUT2D eigenvalue weighted by Crippen LogP contribution is 2.20. The molecule has 0 unspecified atom stereocenters. The molecule has 128 valence electrons. The van der Waals surface area contributed by atoms with Crippen LogP contribution in [0.25, 0.3) is 0 Å². The van der Waals surface area contributed by atoms with Gasteiger partial charge in [-0.3, -0.25) is 19.3 Å². The number of nitrogens with one attached hydrogen (secondary N) is 1. The second-order valence-corrected chi connectivity index (χ2v) is 5.71. The van der Waals surface area contributed by atoms with Crippen LogP contribution in [-0.4, -0.2) is 20.9 Å². The summed E-state index contributed by atoms with van der Waals surface area (Å²) >= 11 is 0. The Labute approximate surface area is 142 Å². The molecule has 0 atom stereocenters. The van der Waals surface area contributed by atoms with Gasteiger partial charge >= 0.3 is 5.69 Å². The fourth-order valence-electron chi connectivity index (χ4n) is 2.39. The fraction of sp³-hybridized carbons (Fsp3) is 0.167. The van der Waals surface area contributed by atoms with Gasteiger partial charge in [-0.25, -0.2) is 4.79 Å². The molecule has 0 fully saturated rings. The molecule has 0 amide bonds. The van der Waals surface area contributed by atoms with Crippen LogP contribution in [-0.2, 0) is 6.54 Å². The van der Waals surface area contributed by atoms with E-state index in [0.717, 1.165) is 15.7 Å². The van der Waals surface area contributed by atoms with Gasteiger partial charge in [-0.1, -0.05) is 12.1 Å². The summed E-state index contributed by atoms with van der Waals surface area (Å²) in [6.07, 6.45) is 2.72. The lowest BCUT2D eigenvalue weighted by Crippen LogP contribution is -2.32. The lowest BCUT2D eigenvalue weighted by atomic mass is 10.1. The smallest absolute Gasteiger partial charge is 0.331 e. The van der Waals surface area contributed by atoms with Crippen LogP contribution < -0.4 is 11.2 Å². The quantitative estimate of drug-likeness (QED) is 0.712. The number of nitrogens with zero attached hydrogens (tertiary/aromatic N) is 2. The highest BCUT2D eigenvalue weighted by molar-refractivity contribution is 5.84. The van der Waals surface area contributed by atoms with Crippen LogP contribution in [0.3, 0.4) is 0 Å². The SMILES string of the molecule is Cc1ccc(C)c(N=Cc2c(O)n(Cc3ccco3)c(=O)[nH]c2=O)c1. The number of benzene rings is 1. The van der Waals surface area contributed by atoms with Crippen LogP contribution in [0.1, 0.15) is 22.5 Å². The lowest BCUT2D eigenvalue weighted by molar-refractivity contribution is 0.392. The van der Waals surface area contributed by atoms with E-state index in [1.165, 1.54) is 12.5 Å². The summed E-state index contributed by atoms with van der Waals surface area (Å²) in [6, 6.07) is 9.09. The number of H-pyrrole nitrogens is 1. The maximum absolute atomic E-state index is 12.0. The van der Waals surface area contributed by atoms with Crippen molar-refractivity contribution >= 4 is 11.9 Å². The number of aryl methyl sites for hydroxylation is 2. The normalized spacial score (nSPS) is 11.3. The number of aliphatic imine (C=N–C) groups is 1. The summed E-state index contributed by atoms with van der Waals surface area (Å²) in [5.74, 6) is 0.0149. The van der Waals surface area contributed by atoms with Gasteiger partial charge in [0.15, 0.2) is 0 Å². The molecule has 3 rings (SSSR count). The van der Waals surface area contributed by atoms with Gasteiger partial charge in [0.1, 0.15) is 11.3 Å². The third kappa shape index (κ3) is 3.45. The molecule has 7 nitrogen and oxygen atoms in total. The van der Waals surface area contributed by atoms with Crippen molar-refractivity contribution in [2.24, 2.45) is 4.99 Å². The maximum Gasteiger partial charge on any atom is 0.331 e. The monoisotopic (exact) mass is 339 g/mol. The molecule has 0 spiro atoms. The van der Waals surface area contributed by atoms with Crippen LogP contribution in [0.5, 0.6) is 5.88 Å². The Balaban J connectivity index is 2.04. The third-order valence-corrected chi connectivity index (χ3v) is 3.80. The van der Waals surface area contributed by atoms with E-state index in [1.807, 2.05) is 32.0 Å². The molecule has 0 aliphatic carbocycles. The summed E-state index contributed by atoms with van der Waals surface area (Å²) in [6.45, 7) is 3.83. The summed E-state index contributed by atoms with van der Waals surface area (Å²) in [4.78, 5) is 30.5. The van der Waals surface area contributed by atoms with Crippen molar-refractivity contribution in [3.63, 3.8) is 0 Å². The number of furan rings is 1. The van der Waals surface area contributed by atoms with E-state index in [-0.39, 0.29) is 12.1 Å². The number of aromatic amines is 1. The molecule has 25 heavy (non-hydrogen) atoms. The minimum atomic E-state index is -0.720. The van der Waals surface area contributed by atoms with Crippen molar-refractivity contribution < 1.29 is 9.52 Å². The molecule has 0 aliphatic heterocycles. The molecule has 0 saturated carbocycles. The van der Waals surface area contributed by atoms with Crippen molar-refractivity contribution in [1.82, 2.24) is 9.55 Å². The number of aromatic hydroxyl groups is 1. The summed E-state index contributed by atoms with van der Waals surface area (Å²) in [5.41, 5.74) is 1.13. The third-order valence-electron chi connectivity index (χ3n) is 3.80. The van der Waals surface area contributed by atoms with Gasteiger partial charge in [0, 0.05) is 6.21 Å². The van der Waals surface area contributed by atoms with Crippen molar-refractivity contribution in [2.75, 3.05) is 0 Å². The Hall–Kier alpha value is -3.35. The predicted molar refractivity (Wildman–Crippen MR) is 94.0 cm³/mol. The average Bonchev–Trinajstić information content (AvgIpc) is 3.07. The summed E-state index contributed by atoms with van der Waals surface area (Å²) in [5, 5.41) is 10.4. The van der Waals surface area contributed by atoms with Crippen molar-refractivity contribution in [1.29, 1.82) is 0 Å². The Morgan fingerprint density at radius 2 is 2.08 bits per heavy atom. The van der Waals surface area contributed by atoms with E-state index in [9.17, 15) is 14.7 Å². The van der Waals surface area contributed by atoms with E-state index in [0.29, 0.717) is 11.4 Å². The van der Waals surface area contributed by atoms with E-state index in [1.54, 1.807) is 12.1 Å². The van der Waals surface area contributed by atoms with Crippen LogP contribution in [0.2, 0.25) is 0 Å². The molecule has 2 aromatic heterocycles. The Kier molecular flexibility index (Phi) is 4.38. The van der Waals surface area contributed by atoms with E-state index < -0.39 is 17.1 Å². The standard InChI is InChI=1S/C18H17N3O4/c1-11-5-6-12(2)15(8-11)19-9-14-16(22)20-18(24)21(17(14)23)10-13-4-3-7-25-13/h3-9,23H,10H2,1-2H3,(H,20,22,24). The second kappa shape index (κ2) is 6.64. The van der Waals surface area contributed by atoms with Gasteiger partial charge in [-0.15, -0.1) is 0 Å². The Morgan fingerprint density at radius 1 is 1.28 bits per heavy atom. The van der Waals surface area contributed by atoms with Crippen molar-refractivity contribution in [3.05, 3.63) is 79.9 Å². The molecule has 2 N–H and O–H groups in total. The summed E-state index contributed by atoms with van der Waals surface area (Å²) < 4.78 is 6.20. The number of aromatic nitrogens is 2. The topological polar surface area (TPSA) is 101 Å². The largest absolute Gasteiger partial charge is 0.494 e. The molecule has 2 heterocycles. The van der Waals surface area contributed by atoms with Crippen LogP contribution >= 0.6 is 0 Å². The molecular weight excluding hydrogens is 322 g/mol. The zero-order valence-corrected chi connectivity index (χ0v) is 13.8. The van der Waals surface area contributed by atoms with Gasteiger partial charge in [0.2, 0.25) is 5.88 Å². The van der Waals surface area contributed by atoms with Gasteiger partial charge in [0.25, 0.3) is 5.56 Å². The van der Waals surface area contributed by atoms with E-state index in [2.05, 4.69) is 9.98 Å². The Bertz CT molecular complexity index is 1040. The number of hydrogen-bond donors (Lipinski definition) is 2. The molecule has 0 radical (unpaired) electrons. The predicted octanol–water partition coefficient (Wildman–Crippen LogP) is 2.25. The summed E-state index contributed by atoms with van der Waals surface area (Å²) in [7, 11) is 0. The van der Waals surface area contributed by atoms with Crippen molar-refractivity contribution in [3.8, 4) is 5.88 Å². The van der Waals surface area contributed by atoms with Crippen LogP contribution in [0, 0.1) is 13.8 Å². The molecule has 0 aliphatic rings. The first kappa shape index (κ1) is 16.5. The second-order valence-electron chi connectivity index (χ2n) is 5.71. The highest BCUT2D eigenvalue weighted by atomic mass is 16.3. The van der Waals surface area contributed by atoms with E-state index in [4.69, 9.17) is 4.42 Å². The maximum atomic E-state index is 12.0. The molecule has 7 heteroatoms. The first-order chi connectivity index (χ1) is 12.0. The van der Waals surface area contributed by atoms with Crippen LogP contribution in [0.4, 0.5) is 5.69 Å². The lowest BCUT2D eigenvalue weighted by Gasteiger charge is -2.08.